The summed E-state index contributed by atoms with van der Waals surface area (Å²) in [6.45, 7) is -3.01. The van der Waals surface area contributed by atoms with Gasteiger partial charge in [-0.1, -0.05) is 0 Å². The van der Waals surface area contributed by atoms with Gasteiger partial charge >= 0.3 is 18.1 Å². The summed E-state index contributed by atoms with van der Waals surface area (Å²) in [6.07, 6.45) is -4.64. The molecular weight excluding hydrogens is 293 g/mol. The Bertz CT molecular complexity index is 468. The lowest BCUT2D eigenvalue weighted by Crippen LogP contribution is -2.42. The zero-order valence-corrected chi connectivity index (χ0v) is 9.67. The van der Waals surface area contributed by atoms with Gasteiger partial charge in [0.15, 0.2) is 12.4 Å². The summed E-state index contributed by atoms with van der Waals surface area (Å²) in [7, 11) is 0. The number of hydrogen-bond donors (Lipinski definition) is 1. The van der Waals surface area contributed by atoms with E-state index >= 15 is 0 Å². The second-order valence-corrected chi connectivity index (χ2v) is 3.52. The van der Waals surface area contributed by atoms with Crippen LogP contribution in [0.1, 0.15) is 10.6 Å². The SMILES string of the molecule is O=C(CNC(=O)c1ccco1)OCC(F)(F)C(F)(F)F. The molecule has 1 amide bonds. The minimum absolute atomic E-state index is 0.154. The summed E-state index contributed by atoms with van der Waals surface area (Å²) >= 11 is 0. The van der Waals surface area contributed by atoms with Gasteiger partial charge in [-0.25, -0.2) is 0 Å². The van der Waals surface area contributed by atoms with Crippen LogP contribution in [0.3, 0.4) is 0 Å². The van der Waals surface area contributed by atoms with E-state index in [2.05, 4.69) is 9.15 Å². The van der Waals surface area contributed by atoms with Gasteiger partial charge in [-0.05, 0) is 12.1 Å². The predicted molar refractivity (Wildman–Crippen MR) is 53.0 cm³/mol. The Morgan fingerprint density at radius 1 is 1.25 bits per heavy atom. The molecule has 5 nitrogen and oxygen atoms in total. The lowest BCUT2D eigenvalue weighted by atomic mass is 10.3. The maximum Gasteiger partial charge on any atom is 0.456 e. The number of carbonyl (C=O) groups excluding carboxylic acids is 2. The molecule has 1 N–H and O–H groups in total. The van der Waals surface area contributed by atoms with Crippen molar-refractivity contribution in [1.82, 2.24) is 5.32 Å². The maximum atomic E-state index is 12.4. The number of esters is 1. The van der Waals surface area contributed by atoms with Crippen molar-refractivity contribution in [3.8, 4) is 0 Å². The van der Waals surface area contributed by atoms with Gasteiger partial charge in [-0.15, -0.1) is 0 Å². The second-order valence-electron chi connectivity index (χ2n) is 3.52. The highest BCUT2D eigenvalue weighted by Gasteiger charge is 2.58. The Morgan fingerprint density at radius 2 is 1.90 bits per heavy atom. The molecule has 0 atom stereocenters. The minimum atomic E-state index is -5.81. The highest BCUT2D eigenvalue weighted by Crippen LogP contribution is 2.35. The van der Waals surface area contributed by atoms with E-state index in [1.54, 1.807) is 0 Å². The lowest BCUT2D eigenvalue weighted by molar-refractivity contribution is -0.294. The van der Waals surface area contributed by atoms with Crippen LogP contribution in [0.15, 0.2) is 22.8 Å². The molecule has 1 aromatic heterocycles. The van der Waals surface area contributed by atoms with Crippen molar-refractivity contribution < 1.29 is 40.7 Å². The van der Waals surface area contributed by atoms with Gasteiger partial charge in [0.05, 0.1) is 6.26 Å². The van der Waals surface area contributed by atoms with Gasteiger partial charge in [-0.3, -0.25) is 9.59 Å². The topological polar surface area (TPSA) is 68.5 Å². The van der Waals surface area contributed by atoms with Crippen molar-refractivity contribution in [2.24, 2.45) is 0 Å². The molecule has 10 heteroatoms. The van der Waals surface area contributed by atoms with Gasteiger partial charge in [0.2, 0.25) is 0 Å². The van der Waals surface area contributed by atoms with E-state index < -0.39 is 37.1 Å². The number of carbonyl (C=O) groups is 2. The average molecular weight is 301 g/mol. The molecule has 20 heavy (non-hydrogen) atoms. The predicted octanol–water partition coefficient (Wildman–Crippen LogP) is 1.75. The Hall–Kier alpha value is -2.13. The number of alkyl halides is 5. The zero-order chi connectivity index (χ0) is 15.4. The third-order valence-corrected chi connectivity index (χ3v) is 1.97. The summed E-state index contributed by atoms with van der Waals surface area (Å²) in [5, 5.41) is 1.93. The molecule has 1 aromatic rings. The second kappa shape index (κ2) is 5.88. The Morgan fingerprint density at radius 3 is 2.40 bits per heavy atom. The fraction of sp³-hybridized carbons (Fsp3) is 0.400. The third-order valence-electron chi connectivity index (χ3n) is 1.97. The first kappa shape index (κ1) is 15.9. The molecule has 1 rings (SSSR count). The summed E-state index contributed by atoms with van der Waals surface area (Å²) in [4.78, 5) is 22.2. The molecule has 0 aliphatic carbocycles. The molecule has 0 saturated carbocycles. The van der Waals surface area contributed by atoms with Crippen LogP contribution in [0.5, 0.6) is 0 Å². The molecule has 0 saturated heterocycles. The minimum Gasteiger partial charge on any atom is -0.459 e. The van der Waals surface area contributed by atoms with Gasteiger partial charge in [0, 0.05) is 0 Å². The van der Waals surface area contributed by atoms with Gasteiger partial charge in [-0.2, -0.15) is 22.0 Å². The average Bonchev–Trinajstić information content (AvgIpc) is 2.85. The molecule has 1 heterocycles. The maximum absolute atomic E-state index is 12.4. The molecule has 0 fully saturated rings. The van der Waals surface area contributed by atoms with Crippen LogP contribution in [0, 0.1) is 0 Å². The van der Waals surface area contributed by atoms with Crippen molar-refractivity contribution in [2.45, 2.75) is 12.1 Å². The fourth-order valence-electron chi connectivity index (χ4n) is 0.951. The lowest BCUT2D eigenvalue weighted by Gasteiger charge is -2.19. The van der Waals surface area contributed by atoms with Crippen LogP contribution >= 0.6 is 0 Å². The molecule has 0 bridgehead atoms. The Kier molecular flexibility index (Phi) is 4.69. The molecular formula is C10H8F5NO4. The Labute approximate surface area is 108 Å². The number of furan rings is 1. The number of ether oxygens (including phenoxy) is 1. The quantitative estimate of drug-likeness (QED) is 0.664. The highest BCUT2D eigenvalue weighted by molar-refractivity contribution is 5.93. The van der Waals surface area contributed by atoms with Crippen molar-refractivity contribution in [2.75, 3.05) is 13.2 Å². The van der Waals surface area contributed by atoms with Crippen LogP contribution < -0.4 is 5.32 Å². The van der Waals surface area contributed by atoms with Crippen LogP contribution in [-0.4, -0.2) is 37.1 Å². The third kappa shape index (κ3) is 4.21. The van der Waals surface area contributed by atoms with E-state index in [-0.39, 0.29) is 5.76 Å². The van der Waals surface area contributed by atoms with Crippen LogP contribution in [0.2, 0.25) is 0 Å². The fourth-order valence-corrected chi connectivity index (χ4v) is 0.951. The van der Waals surface area contributed by atoms with Crippen molar-refractivity contribution in [1.29, 1.82) is 0 Å². The van der Waals surface area contributed by atoms with Crippen molar-refractivity contribution in [3.63, 3.8) is 0 Å². The number of amides is 1. The highest BCUT2D eigenvalue weighted by atomic mass is 19.4. The summed E-state index contributed by atoms with van der Waals surface area (Å²) in [5.41, 5.74) is 0. The molecule has 0 unspecified atom stereocenters. The first-order valence-electron chi connectivity index (χ1n) is 5.05. The van der Waals surface area contributed by atoms with E-state index in [1.807, 2.05) is 5.32 Å². The summed E-state index contributed by atoms with van der Waals surface area (Å²) in [6, 6.07) is 2.65. The largest absolute Gasteiger partial charge is 0.459 e. The van der Waals surface area contributed by atoms with E-state index in [4.69, 9.17) is 0 Å². The van der Waals surface area contributed by atoms with Crippen molar-refractivity contribution >= 4 is 11.9 Å². The van der Waals surface area contributed by atoms with Gasteiger partial charge in [0.1, 0.15) is 6.54 Å². The van der Waals surface area contributed by atoms with Gasteiger partial charge in [0.25, 0.3) is 5.91 Å². The van der Waals surface area contributed by atoms with Crippen molar-refractivity contribution in [3.05, 3.63) is 24.2 Å². The van der Waals surface area contributed by atoms with E-state index in [0.717, 1.165) is 0 Å². The number of hydrogen-bond acceptors (Lipinski definition) is 4. The molecule has 0 radical (unpaired) electrons. The normalized spacial score (nSPS) is 12.1. The molecule has 0 aliphatic rings. The molecule has 0 aliphatic heterocycles. The number of halogens is 5. The molecule has 0 aromatic carbocycles. The van der Waals surface area contributed by atoms with E-state index in [9.17, 15) is 31.5 Å². The first-order valence-corrected chi connectivity index (χ1v) is 5.05. The monoisotopic (exact) mass is 301 g/mol. The standard InChI is InChI=1S/C10H8F5NO4/c11-9(12,10(13,14)15)5-20-7(17)4-16-8(18)6-2-1-3-19-6/h1-3H,4-5H2,(H,16,18). The van der Waals surface area contributed by atoms with Crippen LogP contribution in [0.25, 0.3) is 0 Å². The van der Waals surface area contributed by atoms with E-state index in [0.29, 0.717) is 0 Å². The van der Waals surface area contributed by atoms with E-state index in [1.165, 1.54) is 18.4 Å². The Balaban J connectivity index is 2.36. The van der Waals surface area contributed by atoms with Crippen LogP contribution in [0.4, 0.5) is 22.0 Å². The number of nitrogens with one attached hydrogen (secondary N) is 1. The number of rotatable bonds is 5. The zero-order valence-electron chi connectivity index (χ0n) is 9.67. The van der Waals surface area contributed by atoms with Gasteiger partial charge < -0.3 is 14.5 Å². The molecule has 0 spiro atoms. The summed E-state index contributed by atoms with van der Waals surface area (Å²) < 4.78 is 68.5. The summed E-state index contributed by atoms with van der Waals surface area (Å²) in [5.74, 6) is -7.57. The van der Waals surface area contributed by atoms with Crippen LogP contribution in [-0.2, 0) is 9.53 Å². The first-order chi connectivity index (χ1) is 9.13. The smallest absolute Gasteiger partial charge is 0.456 e. The molecule has 112 valence electrons.